The summed E-state index contributed by atoms with van der Waals surface area (Å²) in [5, 5.41) is 6.33. The van der Waals surface area contributed by atoms with Gasteiger partial charge in [-0.3, -0.25) is 0 Å². The molecule has 1 aromatic heterocycles. The summed E-state index contributed by atoms with van der Waals surface area (Å²) in [6, 6.07) is 69.0. The van der Waals surface area contributed by atoms with Crippen LogP contribution in [-0.4, -0.2) is 0 Å². The molecule has 0 aliphatic heterocycles. The molecule has 0 atom stereocenters. The maximum atomic E-state index is 3.74. The number of benzene rings is 8. The van der Waals surface area contributed by atoms with E-state index in [0.717, 1.165) is 28.4 Å². The van der Waals surface area contributed by atoms with Crippen LogP contribution in [0.1, 0.15) is 22.3 Å². The molecule has 3 heteroatoms. The molecule has 0 radical (unpaired) electrons. The van der Waals surface area contributed by atoms with Crippen molar-refractivity contribution in [3.63, 3.8) is 0 Å². The molecule has 1 spiro atoms. The Morgan fingerprint density at radius 3 is 1.65 bits per heavy atom. The standard InChI is InChI=1S/C49H32N2S/c1-2-14-34(15-3-1)51(35-16-12-13-32(29-35)50-33-25-28-48-42(30-33)41-20-7-11-24-47(41)52-48)36-26-27-40-39-19-6-10-23-45(39)49(46(40)31-36)43-21-8-4-17-37(43)38-18-5-9-22-44(38)49/h1-31,50H. The van der Waals surface area contributed by atoms with Crippen LogP contribution in [0.2, 0.25) is 0 Å². The number of nitrogens with one attached hydrogen (secondary N) is 1. The molecule has 2 nitrogen and oxygen atoms in total. The zero-order valence-electron chi connectivity index (χ0n) is 28.3. The fourth-order valence-corrected chi connectivity index (χ4v) is 10.0. The van der Waals surface area contributed by atoms with E-state index >= 15 is 0 Å². The minimum Gasteiger partial charge on any atom is -0.355 e. The number of thiophene rings is 1. The van der Waals surface area contributed by atoms with E-state index in [1.165, 1.54) is 64.7 Å². The third kappa shape index (κ3) is 4.17. The van der Waals surface area contributed by atoms with Gasteiger partial charge in [-0.2, -0.15) is 0 Å². The second kappa shape index (κ2) is 11.3. The summed E-state index contributed by atoms with van der Waals surface area (Å²) in [4.78, 5) is 2.39. The Morgan fingerprint density at radius 1 is 0.365 bits per heavy atom. The zero-order chi connectivity index (χ0) is 34.2. The van der Waals surface area contributed by atoms with Gasteiger partial charge in [0, 0.05) is 48.6 Å². The van der Waals surface area contributed by atoms with Gasteiger partial charge in [0.05, 0.1) is 5.41 Å². The summed E-state index contributed by atoms with van der Waals surface area (Å²) in [6.45, 7) is 0. The Kier molecular flexibility index (Phi) is 6.37. The minimum absolute atomic E-state index is 0.397. The number of hydrogen-bond acceptors (Lipinski definition) is 3. The summed E-state index contributed by atoms with van der Waals surface area (Å²) in [5.74, 6) is 0. The minimum atomic E-state index is -0.397. The van der Waals surface area contributed by atoms with E-state index in [1.54, 1.807) is 0 Å². The normalized spacial score (nSPS) is 13.2. The highest BCUT2D eigenvalue weighted by Gasteiger charge is 2.51. The van der Waals surface area contributed by atoms with Crippen molar-refractivity contribution in [2.75, 3.05) is 10.2 Å². The van der Waals surface area contributed by atoms with Crippen LogP contribution in [0.4, 0.5) is 28.4 Å². The van der Waals surface area contributed by atoms with Gasteiger partial charge in [0.25, 0.3) is 0 Å². The van der Waals surface area contributed by atoms with E-state index in [2.05, 4.69) is 198 Å². The number of fused-ring (bicyclic) bond motifs is 13. The number of para-hydroxylation sites is 1. The molecule has 2 aliphatic rings. The highest BCUT2D eigenvalue weighted by Crippen LogP contribution is 2.63. The van der Waals surface area contributed by atoms with Gasteiger partial charge in [-0.1, -0.05) is 121 Å². The van der Waals surface area contributed by atoms with Crippen molar-refractivity contribution in [1.82, 2.24) is 0 Å². The van der Waals surface area contributed by atoms with Crippen LogP contribution in [0.5, 0.6) is 0 Å². The summed E-state index contributed by atoms with van der Waals surface area (Å²) in [6.07, 6.45) is 0. The average Bonchev–Trinajstić information content (AvgIpc) is 3.82. The fraction of sp³-hybridized carbons (Fsp3) is 0.0204. The fourth-order valence-electron chi connectivity index (χ4n) is 8.94. The van der Waals surface area contributed by atoms with E-state index in [1.807, 2.05) is 11.3 Å². The number of nitrogens with zero attached hydrogens (tertiary/aromatic N) is 1. The third-order valence-corrected chi connectivity index (χ3v) is 12.2. The predicted octanol–water partition coefficient (Wildman–Crippen LogP) is 13.6. The van der Waals surface area contributed by atoms with Crippen molar-refractivity contribution >= 4 is 59.9 Å². The van der Waals surface area contributed by atoms with Crippen molar-refractivity contribution < 1.29 is 0 Å². The van der Waals surface area contributed by atoms with Crippen LogP contribution in [0.25, 0.3) is 42.4 Å². The van der Waals surface area contributed by atoms with E-state index < -0.39 is 5.41 Å². The molecule has 1 N–H and O–H groups in total. The maximum Gasteiger partial charge on any atom is 0.0726 e. The first-order chi connectivity index (χ1) is 25.8. The SMILES string of the molecule is c1ccc(N(c2cccc(Nc3ccc4sc5ccccc5c4c3)c2)c2ccc3c(c2)C2(c4ccccc4-c4ccccc42)c2ccccc2-3)cc1. The summed E-state index contributed by atoms with van der Waals surface area (Å²) in [5.41, 5.74) is 15.7. The lowest BCUT2D eigenvalue weighted by atomic mass is 9.70. The van der Waals surface area contributed by atoms with Crippen LogP contribution in [0, 0.1) is 0 Å². The lowest BCUT2D eigenvalue weighted by Gasteiger charge is -2.32. The Labute approximate surface area is 306 Å². The maximum absolute atomic E-state index is 3.74. The first kappa shape index (κ1) is 29.3. The third-order valence-electron chi connectivity index (χ3n) is 11.0. The lowest BCUT2D eigenvalue weighted by Crippen LogP contribution is -2.26. The molecule has 9 aromatic rings. The van der Waals surface area contributed by atoms with Crippen LogP contribution >= 0.6 is 11.3 Å². The molecule has 2 aliphatic carbocycles. The molecule has 0 fully saturated rings. The number of anilines is 5. The van der Waals surface area contributed by atoms with Gasteiger partial charge >= 0.3 is 0 Å². The van der Waals surface area contributed by atoms with Gasteiger partial charge in [0.2, 0.25) is 0 Å². The van der Waals surface area contributed by atoms with Crippen molar-refractivity contribution in [3.05, 3.63) is 210 Å². The highest BCUT2D eigenvalue weighted by atomic mass is 32.1. The molecular weight excluding hydrogens is 649 g/mol. The Bertz CT molecular complexity index is 2790. The molecule has 0 saturated heterocycles. The van der Waals surface area contributed by atoms with Gasteiger partial charge in [-0.05, 0) is 111 Å². The van der Waals surface area contributed by atoms with Crippen molar-refractivity contribution in [3.8, 4) is 22.3 Å². The van der Waals surface area contributed by atoms with Crippen LogP contribution in [0.3, 0.4) is 0 Å². The smallest absolute Gasteiger partial charge is 0.0726 e. The van der Waals surface area contributed by atoms with E-state index in [-0.39, 0.29) is 0 Å². The molecule has 244 valence electrons. The summed E-state index contributed by atoms with van der Waals surface area (Å²) in [7, 11) is 0. The van der Waals surface area contributed by atoms with E-state index in [0.29, 0.717) is 0 Å². The van der Waals surface area contributed by atoms with Crippen LogP contribution in [0.15, 0.2) is 188 Å². The van der Waals surface area contributed by atoms with Gasteiger partial charge < -0.3 is 10.2 Å². The molecule has 0 bridgehead atoms. The predicted molar refractivity (Wildman–Crippen MR) is 220 cm³/mol. The second-order valence-electron chi connectivity index (χ2n) is 13.8. The first-order valence-electron chi connectivity index (χ1n) is 17.8. The number of rotatable bonds is 5. The average molecular weight is 681 g/mol. The first-order valence-corrected chi connectivity index (χ1v) is 18.7. The molecule has 8 aromatic carbocycles. The summed E-state index contributed by atoms with van der Waals surface area (Å²) < 4.78 is 2.62. The zero-order valence-corrected chi connectivity index (χ0v) is 29.1. The van der Waals surface area contributed by atoms with Gasteiger partial charge in [0.15, 0.2) is 0 Å². The molecule has 52 heavy (non-hydrogen) atoms. The molecule has 11 rings (SSSR count). The monoisotopic (exact) mass is 680 g/mol. The van der Waals surface area contributed by atoms with E-state index in [4.69, 9.17) is 0 Å². The second-order valence-corrected chi connectivity index (χ2v) is 14.9. The largest absolute Gasteiger partial charge is 0.355 e. The Hall–Kier alpha value is -6.42. The van der Waals surface area contributed by atoms with E-state index in [9.17, 15) is 0 Å². The van der Waals surface area contributed by atoms with Gasteiger partial charge in [0.1, 0.15) is 0 Å². The highest BCUT2D eigenvalue weighted by molar-refractivity contribution is 7.25. The number of hydrogen-bond donors (Lipinski definition) is 1. The Balaban J connectivity index is 1.07. The molecule has 0 amide bonds. The van der Waals surface area contributed by atoms with Crippen LogP contribution < -0.4 is 10.2 Å². The van der Waals surface area contributed by atoms with Gasteiger partial charge in [-0.15, -0.1) is 11.3 Å². The lowest BCUT2D eigenvalue weighted by molar-refractivity contribution is 0.793. The quantitative estimate of drug-likeness (QED) is 0.195. The molecule has 0 unspecified atom stereocenters. The molecule has 1 heterocycles. The van der Waals surface area contributed by atoms with Crippen molar-refractivity contribution in [2.24, 2.45) is 0 Å². The van der Waals surface area contributed by atoms with Crippen molar-refractivity contribution in [1.29, 1.82) is 0 Å². The Morgan fingerprint density at radius 2 is 0.923 bits per heavy atom. The molecular formula is C49H32N2S. The topological polar surface area (TPSA) is 15.3 Å². The molecule has 0 saturated carbocycles. The van der Waals surface area contributed by atoms with Crippen LogP contribution in [-0.2, 0) is 5.41 Å². The van der Waals surface area contributed by atoms with Gasteiger partial charge in [-0.25, -0.2) is 0 Å². The summed E-state index contributed by atoms with van der Waals surface area (Å²) >= 11 is 1.85. The van der Waals surface area contributed by atoms with Crippen molar-refractivity contribution in [2.45, 2.75) is 5.41 Å².